The van der Waals surface area contributed by atoms with Crippen LogP contribution in [0, 0.1) is 16.7 Å². The van der Waals surface area contributed by atoms with Gasteiger partial charge in [-0.1, -0.05) is 64.3 Å². The fraction of sp³-hybridized carbons (Fsp3) is 0.722. The van der Waals surface area contributed by atoms with Crippen LogP contribution in [0.1, 0.15) is 53.4 Å². The first kappa shape index (κ1) is 18.0. The standard InChI is InChI=1S/C18H30O3/c1-6-7-10-15-14(11-13-21-5)9-8-12-18(15,16(19)20)17(2,3)4/h8-9,12,15H,6-7,10-11,13H2,1-5H3,(H,19,20). The minimum atomic E-state index is -0.833. The molecule has 3 nitrogen and oxygen atoms in total. The van der Waals surface area contributed by atoms with Gasteiger partial charge in [-0.15, -0.1) is 0 Å². The van der Waals surface area contributed by atoms with Gasteiger partial charge in [0.25, 0.3) is 0 Å². The number of hydrogen-bond donors (Lipinski definition) is 1. The molecule has 0 aliphatic heterocycles. The largest absolute Gasteiger partial charge is 0.481 e. The Morgan fingerprint density at radius 3 is 2.57 bits per heavy atom. The SMILES string of the molecule is CCCCC1C(CCOC)=CC=CC1(C(=O)O)C(C)(C)C. The smallest absolute Gasteiger partial charge is 0.314 e. The van der Waals surface area contributed by atoms with Crippen molar-refractivity contribution < 1.29 is 14.6 Å². The highest BCUT2D eigenvalue weighted by Crippen LogP contribution is 2.53. The highest BCUT2D eigenvalue weighted by atomic mass is 16.5. The van der Waals surface area contributed by atoms with Crippen LogP contribution in [0.2, 0.25) is 0 Å². The zero-order valence-corrected chi connectivity index (χ0v) is 14.1. The van der Waals surface area contributed by atoms with Gasteiger partial charge in [-0.05, 0) is 18.3 Å². The van der Waals surface area contributed by atoms with E-state index in [0.29, 0.717) is 6.61 Å². The van der Waals surface area contributed by atoms with Gasteiger partial charge in [-0.2, -0.15) is 0 Å². The van der Waals surface area contributed by atoms with Gasteiger partial charge in [0.05, 0.1) is 5.41 Å². The van der Waals surface area contributed by atoms with Crippen molar-refractivity contribution in [3.05, 3.63) is 23.8 Å². The second-order valence-corrected chi connectivity index (χ2v) is 6.96. The van der Waals surface area contributed by atoms with E-state index in [9.17, 15) is 9.90 Å². The number of carboxylic acid groups (broad SMARTS) is 1. The topological polar surface area (TPSA) is 46.5 Å². The molecule has 0 aromatic rings. The van der Waals surface area contributed by atoms with Gasteiger partial charge in [-0.3, -0.25) is 4.79 Å². The van der Waals surface area contributed by atoms with Crippen molar-refractivity contribution in [1.29, 1.82) is 0 Å². The number of rotatable bonds is 7. The number of hydrogen-bond acceptors (Lipinski definition) is 2. The second-order valence-electron chi connectivity index (χ2n) is 6.96. The molecule has 0 aromatic carbocycles. The van der Waals surface area contributed by atoms with E-state index in [-0.39, 0.29) is 11.3 Å². The summed E-state index contributed by atoms with van der Waals surface area (Å²) in [6.07, 6.45) is 9.77. The summed E-state index contributed by atoms with van der Waals surface area (Å²) in [4.78, 5) is 12.2. The first-order valence-corrected chi connectivity index (χ1v) is 7.91. The van der Waals surface area contributed by atoms with Crippen molar-refractivity contribution in [2.45, 2.75) is 53.4 Å². The molecule has 1 aliphatic rings. The molecule has 0 bridgehead atoms. The quantitative estimate of drug-likeness (QED) is 0.755. The lowest BCUT2D eigenvalue weighted by Gasteiger charge is -2.47. The summed E-state index contributed by atoms with van der Waals surface area (Å²) in [7, 11) is 1.69. The molecule has 3 heteroatoms. The van der Waals surface area contributed by atoms with Gasteiger partial charge < -0.3 is 9.84 Å². The molecule has 2 unspecified atom stereocenters. The highest BCUT2D eigenvalue weighted by molar-refractivity contribution is 5.80. The molecule has 0 aromatic heterocycles. The van der Waals surface area contributed by atoms with E-state index in [4.69, 9.17) is 4.74 Å². The summed E-state index contributed by atoms with van der Waals surface area (Å²) >= 11 is 0. The van der Waals surface area contributed by atoms with Gasteiger partial charge >= 0.3 is 5.97 Å². The van der Waals surface area contributed by atoms with Crippen molar-refractivity contribution in [1.82, 2.24) is 0 Å². The summed E-state index contributed by atoms with van der Waals surface area (Å²) in [6.45, 7) is 8.88. The highest BCUT2D eigenvalue weighted by Gasteiger charge is 2.53. The molecule has 0 heterocycles. The Kier molecular flexibility index (Phi) is 6.21. The average molecular weight is 294 g/mol. The number of allylic oxidation sites excluding steroid dienone is 2. The van der Waals surface area contributed by atoms with Gasteiger partial charge in [0, 0.05) is 19.6 Å². The molecule has 0 radical (unpaired) electrons. The molecule has 0 spiro atoms. The third kappa shape index (κ3) is 3.57. The number of carboxylic acids is 1. The maximum Gasteiger partial charge on any atom is 0.314 e. The number of methoxy groups -OCH3 is 1. The third-order valence-corrected chi connectivity index (χ3v) is 4.70. The predicted octanol–water partition coefficient (Wildman–Crippen LogP) is 4.44. The molecule has 120 valence electrons. The van der Waals surface area contributed by atoms with Crippen LogP contribution < -0.4 is 0 Å². The van der Waals surface area contributed by atoms with Crippen molar-refractivity contribution in [2.75, 3.05) is 13.7 Å². The number of carbonyl (C=O) groups is 1. The van der Waals surface area contributed by atoms with Crippen molar-refractivity contribution >= 4 is 5.97 Å². The van der Waals surface area contributed by atoms with Crippen LogP contribution in [0.5, 0.6) is 0 Å². The average Bonchev–Trinajstić information content (AvgIpc) is 2.41. The molecule has 0 saturated carbocycles. The zero-order valence-electron chi connectivity index (χ0n) is 14.1. The molecule has 0 amide bonds. The van der Waals surface area contributed by atoms with E-state index in [0.717, 1.165) is 25.7 Å². The minimum Gasteiger partial charge on any atom is -0.481 e. The number of aliphatic carboxylic acids is 1. The molecular weight excluding hydrogens is 264 g/mol. The lowest BCUT2D eigenvalue weighted by atomic mass is 9.55. The van der Waals surface area contributed by atoms with Gasteiger partial charge in [0.2, 0.25) is 0 Å². The Bertz CT molecular complexity index is 415. The van der Waals surface area contributed by atoms with Crippen LogP contribution in [-0.2, 0) is 9.53 Å². The Balaban J connectivity index is 3.24. The maximum atomic E-state index is 12.2. The van der Waals surface area contributed by atoms with Crippen molar-refractivity contribution in [3.8, 4) is 0 Å². The Morgan fingerprint density at radius 2 is 2.10 bits per heavy atom. The monoisotopic (exact) mass is 294 g/mol. The molecule has 1 rings (SSSR count). The number of unbranched alkanes of at least 4 members (excludes halogenated alkanes) is 1. The Hall–Kier alpha value is -1.09. The van der Waals surface area contributed by atoms with Crippen LogP contribution in [0.25, 0.3) is 0 Å². The fourth-order valence-corrected chi connectivity index (χ4v) is 3.46. The summed E-state index contributed by atoms with van der Waals surface area (Å²) in [5.41, 5.74) is 0.0467. The zero-order chi connectivity index (χ0) is 16.1. The minimum absolute atomic E-state index is 0.0510. The van der Waals surface area contributed by atoms with E-state index < -0.39 is 11.4 Å². The molecule has 21 heavy (non-hydrogen) atoms. The normalized spacial score (nSPS) is 25.8. The van der Waals surface area contributed by atoms with Gasteiger partial charge in [-0.25, -0.2) is 0 Å². The fourth-order valence-electron chi connectivity index (χ4n) is 3.46. The molecule has 2 atom stereocenters. The predicted molar refractivity (Wildman–Crippen MR) is 86.3 cm³/mol. The Morgan fingerprint density at radius 1 is 1.43 bits per heavy atom. The lowest BCUT2D eigenvalue weighted by molar-refractivity contribution is -0.155. The van der Waals surface area contributed by atoms with E-state index in [2.05, 4.69) is 13.0 Å². The van der Waals surface area contributed by atoms with Crippen LogP contribution in [0.4, 0.5) is 0 Å². The molecule has 1 aliphatic carbocycles. The van der Waals surface area contributed by atoms with Crippen molar-refractivity contribution in [2.24, 2.45) is 16.7 Å². The summed E-state index contributed by atoms with van der Waals surface area (Å²) in [5.74, 6) is -0.662. The summed E-state index contributed by atoms with van der Waals surface area (Å²) < 4.78 is 5.20. The molecule has 1 N–H and O–H groups in total. The van der Waals surface area contributed by atoms with E-state index in [1.807, 2.05) is 32.9 Å². The van der Waals surface area contributed by atoms with Gasteiger partial charge in [0.1, 0.15) is 0 Å². The van der Waals surface area contributed by atoms with Crippen LogP contribution in [-0.4, -0.2) is 24.8 Å². The second kappa shape index (κ2) is 7.26. The summed E-state index contributed by atoms with van der Waals surface area (Å²) in [6, 6.07) is 0. The first-order chi connectivity index (χ1) is 9.81. The lowest BCUT2D eigenvalue weighted by Crippen LogP contribution is -2.49. The molecule has 0 saturated heterocycles. The number of ether oxygens (including phenoxy) is 1. The summed E-state index contributed by atoms with van der Waals surface area (Å²) in [5, 5.41) is 10.0. The van der Waals surface area contributed by atoms with E-state index in [1.54, 1.807) is 7.11 Å². The molecular formula is C18H30O3. The van der Waals surface area contributed by atoms with Crippen LogP contribution in [0.15, 0.2) is 23.8 Å². The molecule has 0 fully saturated rings. The van der Waals surface area contributed by atoms with Crippen molar-refractivity contribution in [3.63, 3.8) is 0 Å². The van der Waals surface area contributed by atoms with Gasteiger partial charge in [0.15, 0.2) is 0 Å². The maximum absolute atomic E-state index is 12.2. The van der Waals surface area contributed by atoms with E-state index in [1.165, 1.54) is 5.57 Å². The van der Waals surface area contributed by atoms with E-state index >= 15 is 0 Å². The Labute approximate surface area is 129 Å². The third-order valence-electron chi connectivity index (χ3n) is 4.70. The van der Waals surface area contributed by atoms with Crippen LogP contribution in [0.3, 0.4) is 0 Å². The van der Waals surface area contributed by atoms with Crippen LogP contribution >= 0.6 is 0 Å². The first-order valence-electron chi connectivity index (χ1n) is 7.91.